The van der Waals surface area contributed by atoms with Gasteiger partial charge in [0, 0.05) is 23.9 Å². The third-order valence-corrected chi connectivity index (χ3v) is 3.88. The second-order valence-corrected chi connectivity index (χ2v) is 5.94. The zero-order chi connectivity index (χ0) is 18.0. The molecule has 124 valence electrons. The number of hydrogen-bond donors (Lipinski definition) is 1. The molecule has 6 heteroatoms. The highest BCUT2D eigenvalue weighted by Crippen LogP contribution is 2.16. The Labute approximate surface area is 144 Å². The Morgan fingerprint density at radius 2 is 1.92 bits per heavy atom. The van der Waals surface area contributed by atoms with Crippen molar-refractivity contribution in [1.29, 1.82) is 5.26 Å². The van der Waals surface area contributed by atoms with Crippen molar-refractivity contribution in [2.45, 2.75) is 13.8 Å². The zero-order valence-electron chi connectivity index (χ0n) is 13.9. The molecule has 0 unspecified atom stereocenters. The number of nitriles is 1. The lowest BCUT2D eigenvalue weighted by atomic mass is 10.0. The van der Waals surface area contributed by atoms with Crippen molar-refractivity contribution in [3.63, 3.8) is 0 Å². The minimum Gasteiger partial charge on any atom is -0.296 e. The van der Waals surface area contributed by atoms with Gasteiger partial charge in [-0.3, -0.25) is 14.7 Å². The maximum absolute atomic E-state index is 12.6. The Balaban J connectivity index is 1.94. The van der Waals surface area contributed by atoms with Crippen molar-refractivity contribution in [2.75, 3.05) is 0 Å². The lowest BCUT2D eigenvalue weighted by molar-refractivity contribution is 0.0939. The van der Waals surface area contributed by atoms with Crippen molar-refractivity contribution < 1.29 is 4.79 Å². The molecule has 1 N–H and O–H groups in total. The SMILES string of the molecule is CC(C)C(=O)c1ccc(-n2[nH]cc(-c3ccc(C#N)cc3)c2=O)nc1. The Hall–Kier alpha value is -3.46. The molecule has 0 atom stereocenters. The highest BCUT2D eigenvalue weighted by atomic mass is 16.1. The maximum Gasteiger partial charge on any atom is 0.280 e. The van der Waals surface area contributed by atoms with Crippen molar-refractivity contribution >= 4 is 5.78 Å². The van der Waals surface area contributed by atoms with Gasteiger partial charge in [0.05, 0.1) is 17.2 Å². The van der Waals surface area contributed by atoms with Crippen LogP contribution >= 0.6 is 0 Å². The Morgan fingerprint density at radius 1 is 1.20 bits per heavy atom. The molecule has 2 aromatic heterocycles. The van der Waals surface area contributed by atoms with Crippen LogP contribution in [0.25, 0.3) is 16.9 Å². The summed E-state index contributed by atoms with van der Waals surface area (Å²) in [6, 6.07) is 12.1. The van der Waals surface area contributed by atoms with Gasteiger partial charge in [-0.2, -0.15) is 5.26 Å². The van der Waals surface area contributed by atoms with Gasteiger partial charge in [-0.1, -0.05) is 26.0 Å². The van der Waals surface area contributed by atoms with Crippen molar-refractivity contribution in [1.82, 2.24) is 14.8 Å². The molecule has 0 aliphatic heterocycles. The molecule has 0 saturated carbocycles. The summed E-state index contributed by atoms with van der Waals surface area (Å²) >= 11 is 0. The molecule has 3 rings (SSSR count). The van der Waals surface area contributed by atoms with Gasteiger partial charge in [0.15, 0.2) is 11.6 Å². The minimum absolute atomic E-state index is 0.0103. The first-order valence-electron chi connectivity index (χ1n) is 7.83. The lowest BCUT2D eigenvalue weighted by Gasteiger charge is -2.05. The monoisotopic (exact) mass is 332 g/mol. The molecule has 25 heavy (non-hydrogen) atoms. The van der Waals surface area contributed by atoms with Crippen LogP contribution in [0.1, 0.15) is 29.8 Å². The summed E-state index contributed by atoms with van der Waals surface area (Å²) in [4.78, 5) is 28.8. The van der Waals surface area contributed by atoms with E-state index in [1.54, 1.807) is 42.6 Å². The fraction of sp³-hybridized carbons (Fsp3) is 0.158. The highest BCUT2D eigenvalue weighted by molar-refractivity contribution is 5.97. The number of aromatic amines is 1. The van der Waals surface area contributed by atoms with Gasteiger partial charge in [0.1, 0.15) is 0 Å². The van der Waals surface area contributed by atoms with E-state index in [-0.39, 0.29) is 17.3 Å². The molecule has 0 bridgehead atoms. The number of nitrogens with one attached hydrogen (secondary N) is 1. The minimum atomic E-state index is -0.250. The Bertz CT molecular complexity index is 1000. The molecule has 6 nitrogen and oxygen atoms in total. The van der Waals surface area contributed by atoms with Gasteiger partial charge in [0.2, 0.25) is 0 Å². The summed E-state index contributed by atoms with van der Waals surface area (Å²) in [5.74, 6) is 0.310. The molecule has 3 aromatic rings. The number of ketones is 1. The maximum atomic E-state index is 12.6. The number of aromatic nitrogens is 3. The van der Waals surface area contributed by atoms with E-state index in [9.17, 15) is 9.59 Å². The van der Waals surface area contributed by atoms with Gasteiger partial charge in [0.25, 0.3) is 5.56 Å². The standard InChI is InChI=1S/C19H16N4O2/c1-12(2)18(24)15-7-8-17(21-10-15)23-19(25)16(11-22-23)14-5-3-13(9-20)4-6-14/h3-8,10-12,22H,1-2H3. The van der Waals surface area contributed by atoms with E-state index >= 15 is 0 Å². The molecule has 0 saturated heterocycles. The molecule has 2 heterocycles. The predicted octanol–water partition coefficient (Wildman–Crippen LogP) is 2.94. The molecule has 1 aromatic carbocycles. The average Bonchev–Trinajstić information content (AvgIpc) is 3.02. The van der Waals surface area contributed by atoms with E-state index in [1.165, 1.54) is 10.9 Å². The average molecular weight is 332 g/mol. The molecule has 0 fully saturated rings. The molecule has 0 aliphatic carbocycles. The van der Waals surface area contributed by atoms with Crippen LogP contribution in [-0.4, -0.2) is 20.5 Å². The van der Waals surface area contributed by atoms with Crippen LogP contribution in [0.2, 0.25) is 0 Å². The number of Topliss-reactive ketones (excluding diaryl/α,β-unsaturated/α-hetero) is 1. The number of pyridine rings is 1. The van der Waals surface area contributed by atoms with Crippen molar-refractivity contribution in [2.24, 2.45) is 5.92 Å². The first-order chi connectivity index (χ1) is 12.0. The van der Waals surface area contributed by atoms with Crippen LogP contribution in [0.4, 0.5) is 0 Å². The van der Waals surface area contributed by atoms with Crippen molar-refractivity contribution in [3.05, 3.63) is 70.3 Å². The van der Waals surface area contributed by atoms with Gasteiger partial charge >= 0.3 is 0 Å². The number of carbonyl (C=O) groups is 1. The largest absolute Gasteiger partial charge is 0.296 e. The summed E-state index contributed by atoms with van der Waals surface area (Å²) in [5, 5.41) is 11.7. The van der Waals surface area contributed by atoms with Crippen LogP contribution in [0.5, 0.6) is 0 Å². The van der Waals surface area contributed by atoms with E-state index in [0.717, 1.165) is 0 Å². The number of benzene rings is 1. The third-order valence-electron chi connectivity index (χ3n) is 3.88. The summed E-state index contributed by atoms with van der Waals surface area (Å²) in [6.07, 6.45) is 3.07. The fourth-order valence-electron chi connectivity index (χ4n) is 2.47. The van der Waals surface area contributed by atoms with Gasteiger partial charge < -0.3 is 0 Å². The van der Waals surface area contributed by atoms with E-state index in [0.29, 0.717) is 28.1 Å². The highest BCUT2D eigenvalue weighted by Gasteiger charge is 2.13. The molecule has 0 aliphatic rings. The van der Waals surface area contributed by atoms with Gasteiger partial charge in [-0.05, 0) is 29.8 Å². The normalized spacial score (nSPS) is 10.6. The smallest absolute Gasteiger partial charge is 0.280 e. The summed E-state index contributed by atoms with van der Waals surface area (Å²) in [5.41, 5.74) is 2.00. The van der Waals surface area contributed by atoms with Crippen LogP contribution in [0.15, 0.2) is 53.6 Å². The number of rotatable bonds is 4. The summed E-state index contributed by atoms with van der Waals surface area (Å²) in [7, 11) is 0. The Kier molecular flexibility index (Phi) is 4.31. The molecular weight excluding hydrogens is 316 g/mol. The first-order valence-corrected chi connectivity index (χ1v) is 7.83. The molecule has 0 amide bonds. The second-order valence-electron chi connectivity index (χ2n) is 5.94. The second kappa shape index (κ2) is 6.57. The van der Waals surface area contributed by atoms with Crippen LogP contribution < -0.4 is 5.56 Å². The van der Waals surface area contributed by atoms with Gasteiger partial charge in [-0.15, -0.1) is 0 Å². The fourth-order valence-corrected chi connectivity index (χ4v) is 2.47. The van der Waals surface area contributed by atoms with Gasteiger partial charge in [-0.25, -0.2) is 9.67 Å². The quantitative estimate of drug-likeness (QED) is 0.744. The molecule has 0 radical (unpaired) electrons. The van der Waals surface area contributed by atoms with Crippen molar-refractivity contribution in [3.8, 4) is 23.0 Å². The lowest BCUT2D eigenvalue weighted by Crippen LogP contribution is -2.17. The number of H-pyrrole nitrogens is 1. The third kappa shape index (κ3) is 3.12. The summed E-state index contributed by atoms with van der Waals surface area (Å²) in [6.45, 7) is 3.66. The summed E-state index contributed by atoms with van der Waals surface area (Å²) < 4.78 is 1.32. The number of carbonyl (C=O) groups excluding carboxylic acids is 1. The van der Waals surface area contributed by atoms with Crippen LogP contribution in [-0.2, 0) is 0 Å². The number of hydrogen-bond acceptors (Lipinski definition) is 4. The Morgan fingerprint density at radius 3 is 2.48 bits per heavy atom. The predicted molar refractivity (Wildman–Crippen MR) is 93.5 cm³/mol. The topological polar surface area (TPSA) is 91.5 Å². The first kappa shape index (κ1) is 16.4. The van der Waals surface area contributed by atoms with Crippen LogP contribution in [0, 0.1) is 17.2 Å². The van der Waals surface area contributed by atoms with E-state index in [2.05, 4.69) is 10.1 Å². The number of nitrogens with zero attached hydrogens (tertiary/aromatic N) is 3. The van der Waals surface area contributed by atoms with E-state index in [4.69, 9.17) is 5.26 Å². The zero-order valence-corrected chi connectivity index (χ0v) is 13.9. The van der Waals surface area contributed by atoms with E-state index < -0.39 is 0 Å². The molecule has 0 spiro atoms. The van der Waals surface area contributed by atoms with E-state index in [1.807, 2.05) is 19.9 Å². The molecular formula is C19H16N4O2. The van der Waals surface area contributed by atoms with Crippen LogP contribution in [0.3, 0.4) is 0 Å².